The Labute approximate surface area is 130 Å². The lowest BCUT2D eigenvalue weighted by molar-refractivity contribution is -0.122. The van der Waals surface area contributed by atoms with Gasteiger partial charge in [0.1, 0.15) is 16.5 Å². The Hall–Kier alpha value is -1.67. The lowest BCUT2D eigenvalue weighted by Crippen LogP contribution is -2.46. The fraction of sp³-hybridized carbons (Fsp3) is 0.500. The number of halogens is 1. The molecule has 0 spiro atoms. The molecule has 1 N–H and O–H groups in total. The molecule has 124 valence electrons. The van der Waals surface area contributed by atoms with E-state index in [0.717, 1.165) is 16.4 Å². The van der Waals surface area contributed by atoms with E-state index in [0.29, 0.717) is 0 Å². The molecule has 1 aromatic rings. The standard InChI is InChI=1S/C14H21FN2O4S/c1-14(2,3)16-13(18)9-17(4)22(19,20)12-8-10(15)6-7-11(12)21-5/h6-8H,9H2,1-5H3,(H,16,18). The second kappa shape index (κ2) is 6.62. The van der Waals surface area contributed by atoms with E-state index < -0.39 is 27.3 Å². The first-order chi connectivity index (χ1) is 9.97. The number of rotatable bonds is 5. The van der Waals surface area contributed by atoms with Gasteiger partial charge in [0.2, 0.25) is 15.9 Å². The van der Waals surface area contributed by atoms with Crippen molar-refractivity contribution in [2.24, 2.45) is 0 Å². The van der Waals surface area contributed by atoms with Gasteiger partial charge in [-0.05, 0) is 39.0 Å². The monoisotopic (exact) mass is 332 g/mol. The summed E-state index contributed by atoms with van der Waals surface area (Å²) in [5, 5.41) is 2.66. The number of methoxy groups -OCH3 is 1. The topological polar surface area (TPSA) is 75.7 Å². The summed E-state index contributed by atoms with van der Waals surface area (Å²) in [5.41, 5.74) is -0.474. The average molecular weight is 332 g/mol. The molecule has 0 bridgehead atoms. The normalized spacial score (nSPS) is 12.3. The minimum absolute atomic E-state index is 0.0180. The number of hydrogen-bond acceptors (Lipinski definition) is 4. The van der Waals surface area contributed by atoms with Crippen molar-refractivity contribution in [1.82, 2.24) is 9.62 Å². The number of nitrogens with zero attached hydrogens (tertiary/aromatic N) is 1. The van der Waals surface area contributed by atoms with Crippen molar-refractivity contribution >= 4 is 15.9 Å². The van der Waals surface area contributed by atoms with Gasteiger partial charge in [-0.15, -0.1) is 0 Å². The zero-order valence-electron chi connectivity index (χ0n) is 13.3. The molecule has 0 aliphatic rings. The van der Waals surface area contributed by atoms with Crippen LogP contribution in [0, 0.1) is 5.82 Å². The van der Waals surface area contributed by atoms with Crippen LogP contribution in [0.25, 0.3) is 0 Å². The summed E-state index contributed by atoms with van der Waals surface area (Å²) in [6.07, 6.45) is 0. The summed E-state index contributed by atoms with van der Waals surface area (Å²) in [7, 11) is -1.51. The highest BCUT2D eigenvalue weighted by Gasteiger charge is 2.27. The minimum Gasteiger partial charge on any atom is -0.495 e. The Bertz CT molecular complexity index is 653. The highest BCUT2D eigenvalue weighted by atomic mass is 32.2. The zero-order chi connectivity index (χ0) is 17.1. The number of amides is 1. The van der Waals surface area contributed by atoms with Gasteiger partial charge in [0, 0.05) is 12.6 Å². The smallest absolute Gasteiger partial charge is 0.247 e. The molecule has 0 saturated heterocycles. The number of sulfonamides is 1. The third kappa shape index (κ3) is 4.67. The Morgan fingerprint density at radius 1 is 1.36 bits per heavy atom. The molecule has 1 aromatic carbocycles. The lowest BCUT2D eigenvalue weighted by atomic mass is 10.1. The van der Waals surface area contributed by atoms with Crippen LogP contribution in [-0.4, -0.2) is 44.9 Å². The van der Waals surface area contributed by atoms with E-state index in [1.807, 2.05) is 0 Å². The first-order valence-electron chi connectivity index (χ1n) is 6.58. The number of carbonyl (C=O) groups is 1. The van der Waals surface area contributed by atoms with Gasteiger partial charge < -0.3 is 10.1 Å². The molecule has 1 amide bonds. The van der Waals surface area contributed by atoms with Crippen molar-refractivity contribution in [1.29, 1.82) is 0 Å². The molecule has 0 atom stereocenters. The lowest BCUT2D eigenvalue weighted by Gasteiger charge is -2.23. The molecule has 0 unspecified atom stereocenters. The van der Waals surface area contributed by atoms with Crippen molar-refractivity contribution in [2.45, 2.75) is 31.2 Å². The number of carbonyl (C=O) groups excluding carboxylic acids is 1. The van der Waals surface area contributed by atoms with Crippen molar-refractivity contribution in [3.63, 3.8) is 0 Å². The Morgan fingerprint density at radius 3 is 2.45 bits per heavy atom. The molecule has 0 aliphatic carbocycles. The van der Waals surface area contributed by atoms with Crippen LogP contribution in [0.3, 0.4) is 0 Å². The SMILES string of the molecule is COc1ccc(F)cc1S(=O)(=O)N(C)CC(=O)NC(C)(C)C. The highest BCUT2D eigenvalue weighted by molar-refractivity contribution is 7.89. The van der Waals surface area contributed by atoms with Crippen molar-refractivity contribution in [3.8, 4) is 5.75 Å². The van der Waals surface area contributed by atoms with Crippen LogP contribution in [0.4, 0.5) is 4.39 Å². The molecule has 0 fully saturated rings. The molecule has 0 aliphatic heterocycles. The Morgan fingerprint density at radius 2 is 1.95 bits per heavy atom. The highest BCUT2D eigenvalue weighted by Crippen LogP contribution is 2.26. The first kappa shape index (κ1) is 18.4. The molecule has 0 aromatic heterocycles. The fourth-order valence-electron chi connectivity index (χ4n) is 1.77. The molecule has 1 rings (SSSR count). The minimum atomic E-state index is -4.05. The van der Waals surface area contributed by atoms with Gasteiger partial charge in [-0.25, -0.2) is 12.8 Å². The van der Waals surface area contributed by atoms with Crippen molar-refractivity contribution in [3.05, 3.63) is 24.0 Å². The number of benzene rings is 1. The number of ether oxygens (including phenoxy) is 1. The average Bonchev–Trinajstić information content (AvgIpc) is 2.36. The molecule has 0 radical (unpaired) electrons. The van der Waals surface area contributed by atoms with E-state index in [9.17, 15) is 17.6 Å². The third-order valence-corrected chi connectivity index (χ3v) is 4.52. The van der Waals surface area contributed by atoms with Crippen LogP contribution < -0.4 is 10.1 Å². The number of likely N-dealkylation sites (N-methyl/N-ethyl adjacent to an activating group) is 1. The van der Waals surface area contributed by atoms with Gasteiger partial charge in [-0.3, -0.25) is 4.79 Å². The molecule has 0 heterocycles. The van der Waals surface area contributed by atoms with Crippen LogP contribution in [0.15, 0.2) is 23.1 Å². The second-order valence-corrected chi connectivity index (χ2v) is 7.87. The van der Waals surface area contributed by atoms with Gasteiger partial charge in [0.25, 0.3) is 0 Å². The maximum absolute atomic E-state index is 13.3. The first-order valence-corrected chi connectivity index (χ1v) is 8.02. The van der Waals surface area contributed by atoms with Gasteiger partial charge in [0.05, 0.1) is 13.7 Å². The van der Waals surface area contributed by atoms with E-state index in [4.69, 9.17) is 4.74 Å². The van der Waals surface area contributed by atoms with Crippen molar-refractivity contribution in [2.75, 3.05) is 20.7 Å². The summed E-state index contributed by atoms with van der Waals surface area (Å²) < 4.78 is 44.1. The van der Waals surface area contributed by atoms with Crippen LogP contribution in [-0.2, 0) is 14.8 Å². The molecule has 6 nitrogen and oxygen atoms in total. The van der Waals surface area contributed by atoms with E-state index in [-0.39, 0.29) is 17.2 Å². The van der Waals surface area contributed by atoms with E-state index >= 15 is 0 Å². The van der Waals surface area contributed by atoms with Crippen LogP contribution in [0.5, 0.6) is 5.75 Å². The molecule has 22 heavy (non-hydrogen) atoms. The largest absolute Gasteiger partial charge is 0.495 e. The summed E-state index contributed by atoms with van der Waals surface area (Å²) in [4.78, 5) is 11.5. The van der Waals surface area contributed by atoms with E-state index in [1.165, 1.54) is 20.2 Å². The molecule has 0 saturated carbocycles. The van der Waals surface area contributed by atoms with Gasteiger partial charge >= 0.3 is 0 Å². The number of nitrogens with one attached hydrogen (secondary N) is 1. The Balaban J connectivity index is 3.04. The second-order valence-electron chi connectivity index (χ2n) is 5.85. The van der Waals surface area contributed by atoms with Gasteiger partial charge in [-0.1, -0.05) is 0 Å². The van der Waals surface area contributed by atoms with Crippen molar-refractivity contribution < 1.29 is 22.3 Å². The summed E-state index contributed by atoms with van der Waals surface area (Å²) in [6, 6.07) is 3.20. The molecular weight excluding hydrogens is 311 g/mol. The van der Waals surface area contributed by atoms with E-state index in [2.05, 4.69) is 5.32 Å². The summed E-state index contributed by atoms with van der Waals surface area (Å²) >= 11 is 0. The maximum atomic E-state index is 13.3. The van der Waals surface area contributed by atoms with Crippen LogP contribution in [0.2, 0.25) is 0 Å². The van der Waals surface area contributed by atoms with E-state index in [1.54, 1.807) is 20.8 Å². The van der Waals surface area contributed by atoms with Gasteiger partial charge in [0.15, 0.2) is 0 Å². The van der Waals surface area contributed by atoms with Crippen LogP contribution >= 0.6 is 0 Å². The van der Waals surface area contributed by atoms with Gasteiger partial charge in [-0.2, -0.15) is 4.31 Å². The predicted molar refractivity (Wildman–Crippen MR) is 80.7 cm³/mol. The fourth-order valence-corrected chi connectivity index (χ4v) is 3.06. The molecule has 8 heteroatoms. The summed E-state index contributed by atoms with van der Waals surface area (Å²) in [6.45, 7) is 4.98. The zero-order valence-corrected chi connectivity index (χ0v) is 14.1. The quantitative estimate of drug-likeness (QED) is 0.883. The number of hydrogen-bond donors (Lipinski definition) is 1. The van der Waals surface area contributed by atoms with Crippen LogP contribution in [0.1, 0.15) is 20.8 Å². The Kier molecular flexibility index (Phi) is 5.53. The molecular formula is C14H21FN2O4S. The predicted octanol–water partition coefficient (Wildman–Crippen LogP) is 1.37. The summed E-state index contributed by atoms with van der Waals surface area (Å²) in [5.74, 6) is -1.13. The maximum Gasteiger partial charge on any atom is 0.247 e. The third-order valence-electron chi connectivity index (χ3n) is 2.69.